The van der Waals surface area contributed by atoms with E-state index in [0.717, 1.165) is 10.1 Å². The first-order chi connectivity index (χ1) is 20.0. The minimum absolute atomic E-state index is 0.00418. The predicted molar refractivity (Wildman–Crippen MR) is 145 cm³/mol. The van der Waals surface area contributed by atoms with E-state index in [2.05, 4.69) is 4.99 Å². The van der Waals surface area contributed by atoms with Crippen molar-refractivity contribution in [3.8, 4) is 0 Å². The van der Waals surface area contributed by atoms with Crippen molar-refractivity contribution in [2.24, 2.45) is 4.99 Å². The van der Waals surface area contributed by atoms with Gasteiger partial charge in [0.2, 0.25) is 0 Å². The fraction of sp³-hybridized carbons (Fsp3) is 0.300. The molecule has 13 heteroatoms. The molecule has 1 aliphatic heterocycles. The first-order valence-electron chi connectivity index (χ1n) is 13.2. The van der Waals surface area contributed by atoms with E-state index < -0.39 is 75.9 Å². The van der Waals surface area contributed by atoms with Crippen LogP contribution in [0.25, 0.3) is 5.57 Å². The first kappa shape index (κ1) is 32.2. The van der Waals surface area contributed by atoms with Crippen LogP contribution < -0.4 is 10.9 Å². The van der Waals surface area contributed by atoms with Crippen LogP contribution in [-0.2, 0) is 6.42 Å². The smallest absolute Gasteiger partial charge is 0.340 e. The Morgan fingerprint density at radius 1 is 0.628 bits per heavy atom. The topological polar surface area (TPSA) is 17.3 Å². The molecule has 228 valence electrons. The summed E-state index contributed by atoms with van der Waals surface area (Å²) in [4.78, 5) is 4.57. The highest BCUT2D eigenvalue weighted by molar-refractivity contribution is 6.84. The van der Waals surface area contributed by atoms with Crippen molar-refractivity contribution in [1.29, 1.82) is 0 Å². The van der Waals surface area contributed by atoms with Gasteiger partial charge in [-0.25, -0.2) is 43.9 Å². The lowest BCUT2D eigenvalue weighted by Gasteiger charge is -2.25. The Hall–Kier alpha value is -3.77. The van der Waals surface area contributed by atoms with Gasteiger partial charge in [0.15, 0.2) is 58.2 Å². The summed E-state index contributed by atoms with van der Waals surface area (Å²) < 4.78 is 149. The fourth-order valence-corrected chi connectivity index (χ4v) is 6.07. The highest BCUT2D eigenvalue weighted by Gasteiger charge is 2.43. The number of rotatable bonds is 6. The van der Waals surface area contributed by atoms with E-state index in [1.165, 1.54) is 13.8 Å². The standard InChI is InChI=1S/C30H25BF10N2/c1-8-15-10(3)29(42-13(15)6)12(5)30-11(4)16(9-2)14(7)43(30)31(17-19(32)23(36)27(40)24(37)20(17)33)18-21(34)25(38)28(41)26(39)22(18)35/h8-9H2,1-7H3/b29-12-. The molecule has 0 amide bonds. The molecule has 0 saturated carbocycles. The summed E-state index contributed by atoms with van der Waals surface area (Å²) in [5.41, 5.74) is 0.118. The van der Waals surface area contributed by atoms with Crippen LogP contribution in [0.2, 0.25) is 0 Å². The largest absolute Gasteiger partial charge is 0.380 e. The summed E-state index contributed by atoms with van der Waals surface area (Å²) in [5, 5.41) is 0. The molecule has 43 heavy (non-hydrogen) atoms. The summed E-state index contributed by atoms with van der Waals surface area (Å²) in [6.07, 6.45) is 0.799. The number of allylic oxidation sites excluding steroid dienone is 3. The average Bonchev–Trinajstić information content (AvgIpc) is 3.40. The van der Waals surface area contributed by atoms with E-state index >= 15 is 17.6 Å². The van der Waals surface area contributed by atoms with Crippen molar-refractivity contribution in [2.45, 2.75) is 61.3 Å². The second kappa shape index (κ2) is 11.4. The van der Waals surface area contributed by atoms with Gasteiger partial charge in [-0.3, -0.25) is 4.99 Å². The maximum Gasteiger partial charge on any atom is 0.340 e. The van der Waals surface area contributed by atoms with Gasteiger partial charge in [0.1, 0.15) is 0 Å². The first-order valence-corrected chi connectivity index (χ1v) is 13.2. The Morgan fingerprint density at radius 2 is 1.02 bits per heavy atom. The maximum absolute atomic E-state index is 15.5. The van der Waals surface area contributed by atoms with Crippen LogP contribution in [0, 0.1) is 72.0 Å². The minimum Gasteiger partial charge on any atom is -0.380 e. The number of aromatic nitrogens is 1. The third-order valence-electron chi connectivity index (χ3n) is 8.08. The Labute approximate surface area is 241 Å². The summed E-state index contributed by atoms with van der Waals surface area (Å²) in [6.45, 7) is 8.74. The van der Waals surface area contributed by atoms with Crippen molar-refractivity contribution >= 4 is 29.1 Å². The van der Waals surface area contributed by atoms with Gasteiger partial charge in [0, 0.05) is 28.0 Å². The van der Waals surface area contributed by atoms with E-state index in [1.807, 2.05) is 6.92 Å². The summed E-state index contributed by atoms with van der Waals surface area (Å²) >= 11 is 0. The van der Waals surface area contributed by atoms with Crippen LogP contribution in [0.1, 0.15) is 63.6 Å². The Balaban J connectivity index is 2.31. The number of nitrogens with zero attached hydrogens (tertiary/aromatic N) is 2. The maximum atomic E-state index is 15.5. The van der Waals surface area contributed by atoms with Crippen molar-refractivity contribution in [3.05, 3.63) is 97.5 Å². The highest BCUT2D eigenvalue weighted by atomic mass is 19.2. The second-order valence-corrected chi connectivity index (χ2v) is 10.3. The van der Waals surface area contributed by atoms with E-state index in [1.54, 1.807) is 27.7 Å². The number of hydrogen-bond acceptors (Lipinski definition) is 1. The molecule has 4 rings (SSSR count). The van der Waals surface area contributed by atoms with Gasteiger partial charge in [-0.05, 0) is 75.3 Å². The molecule has 0 saturated heterocycles. The molecule has 2 nitrogen and oxygen atoms in total. The number of hydrogen-bond donors (Lipinski definition) is 0. The van der Waals surface area contributed by atoms with Gasteiger partial charge in [0.05, 0.1) is 5.70 Å². The number of aliphatic imine (C=N–C) groups is 1. The Morgan fingerprint density at radius 3 is 1.37 bits per heavy atom. The number of benzene rings is 2. The predicted octanol–water partition coefficient (Wildman–Crippen LogP) is 7.64. The quantitative estimate of drug-likeness (QED) is 0.118. The molecule has 0 aliphatic carbocycles. The van der Waals surface area contributed by atoms with Gasteiger partial charge in [-0.1, -0.05) is 13.8 Å². The van der Waals surface area contributed by atoms with E-state index in [-0.39, 0.29) is 23.4 Å². The zero-order valence-corrected chi connectivity index (χ0v) is 24.2. The van der Waals surface area contributed by atoms with Crippen molar-refractivity contribution in [1.82, 2.24) is 4.48 Å². The third-order valence-corrected chi connectivity index (χ3v) is 8.08. The highest BCUT2D eigenvalue weighted by Crippen LogP contribution is 2.37. The van der Waals surface area contributed by atoms with Crippen LogP contribution in [0.5, 0.6) is 0 Å². The molecule has 0 N–H and O–H groups in total. The zero-order chi connectivity index (χ0) is 32.4. The Kier molecular flexibility index (Phi) is 8.51. The van der Waals surface area contributed by atoms with E-state index in [9.17, 15) is 26.3 Å². The lowest BCUT2D eigenvalue weighted by molar-refractivity contribution is 0.381. The zero-order valence-electron chi connectivity index (χ0n) is 24.2. The average molecular weight is 614 g/mol. The molecule has 0 bridgehead atoms. The molecule has 2 heterocycles. The number of halogens is 10. The summed E-state index contributed by atoms with van der Waals surface area (Å²) in [7, 11) is 0. The minimum atomic E-state index is -2.74. The monoisotopic (exact) mass is 614 g/mol. The molecule has 2 aromatic carbocycles. The normalized spacial score (nSPS) is 14.7. The van der Waals surface area contributed by atoms with Crippen LogP contribution in [-0.4, -0.2) is 17.0 Å². The molecule has 1 aromatic heterocycles. The second-order valence-electron chi connectivity index (χ2n) is 10.3. The molecule has 0 radical (unpaired) electrons. The molecular weight excluding hydrogens is 589 g/mol. The van der Waals surface area contributed by atoms with Crippen LogP contribution >= 0.6 is 0 Å². The van der Waals surface area contributed by atoms with Crippen molar-refractivity contribution in [3.63, 3.8) is 0 Å². The molecule has 3 aromatic rings. The van der Waals surface area contributed by atoms with Crippen molar-refractivity contribution < 1.29 is 43.9 Å². The van der Waals surface area contributed by atoms with Crippen LogP contribution in [0.3, 0.4) is 0 Å². The van der Waals surface area contributed by atoms with E-state index in [0.29, 0.717) is 34.5 Å². The SMILES string of the molecule is CCC1=C(C)/C(=C(\C)c2c(C)c(CC)c(C)n2B(c2c(F)c(F)c(F)c(F)c2F)c2c(F)c(F)c(F)c(F)c2F)N=C1C. The summed E-state index contributed by atoms with van der Waals surface area (Å²) in [5.74, 6) is -24.9. The Bertz CT molecular complexity index is 1670. The van der Waals surface area contributed by atoms with Crippen LogP contribution in [0.15, 0.2) is 21.8 Å². The van der Waals surface area contributed by atoms with Crippen molar-refractivity contribution in [2.75, 3.05) is 0 Å². The molecule has 0 atom stereocenters. The van der Waals surface area contributed by atoms with Gasteiger partial charge in [-0.2, -0.15) is 0 Å². The van der Waals surface area contributed by atoms with Gasteiger partial charge in [-0.15, -0.1) is 0 Å². The molecule has 0 unspecified atom stereocenters. The van der Waals surface area contributed by atoms with Crippen LogP contribution in [0.4, 0.5) is 43.9 Å². The van der Waals surface area contributed by atoms with Gasteiger partial charge < -0.3 is 4.48 Å². The van der Waals surface area contributed by atoms with Gasteiger partial charge >= 0.3 is 6.85 Å². The van der Waals surface area contributed by atoms with E-state index in [4.69, 9.17) is 0 Å². The summed E-state index contributed by atoms with van der Waals surface area (Å²) in [6, 6.07) is 0. The third kappa shape index (κ3) is 4.62. The molecule has 0 fully saturated rings. The van der Waals surface area contributed by atoms with Gasteiger partial charge in [0.25, 0.3) is 0 Å². The molecule has 0 spiro atoms. The lowest BCUT2D eigenvalue weighted by atomic mass is 9.49. The molecule has 1 aliphatic rings. The fourth-order valence-electron chi connectivity index (χ4n) is 6.07. The molecular formula is C30H25BF10N2. The lowest BCUT2D eigenvalue weighted by Crippen LogP contribution is -2.56.